The van der Waals surface area contributed by atoms with Crippen LogP contribution in [0, 0.1) is 12.8 Å². The normalized spacial score (nSPS) is 11.0. The van der Waals surface area contributed by atoms with E-state index in [-0.39, 0.29) is 0 Å². The second-order valence-corrected chi connectivity index (χ2v) is 5.10. The number of aromatic hydroxyl groups is 1. The first-order valence-electron chi connectivity index (χ1n) is 6.38. The van der Waals surface area contributed by atoms with E-state index in [1.807, 2.05) is 12.1 Å². The maximum Gasteiger partial charge on any atom is 0.115 e. The number of phenolic OH excluding ortho intramolecular Hbond substituents is 1. The summed E-state index contributed by atoms with van der Waals surface area (Å²) in [6.45, 7) is 6.64. The number of phenols is 1. The van der Waals surface area contributed by atoms with Gasteiger partial charge in [0.2, 0.25) is 0 Å². The number of benzene rings is 1. The summed E-state index contributed by atoms with van der Waals surface area (Å²) in [4.78, 5) is 0. The van der Waals surface area contributed by atoms with Gasteiger partial charge in [-0.15, -0.1) is 0 Å². The summed E-state index contributed by atoms with van der Waals surface area (Å²) >= 11 is 0. The van der Waals surface area contributed by atoms with Crippen LogP contribution in [0.1, 0.15) is 50.7 Å². The standard InChI is InChI=1S/C15H24O/c1-12(2)7-5-4-6-8-14-9-10-15(16)11-13(14)3/h9-12,16H,4-8H2,1-3H3. The molecule has 16 heavy (non-hydrogen) atoms. The highest BCUT2D eigenvalue weighted by atomic mass is 16.3. The Hall–Kier alpha value is -0.980. The molecule has 0 fully saturated rings. The van der Waals surface area contributed by atoms with Crippen LogP contribution in [-0.4, -0.2) is 5.11 Å². The molecule has 0 amide bonds. The van der Waals surface area contributed by atoms with Gasteiger partial charge in [0.1, 0.15) is 5.75 Å². The van der Waals surface area contributed by atoms with Gasteiger partial charge in [-0.3, -0.25) is 0 Å². The average Bonchev–Trinajstić information content (AvgIpc) is 2.20. The lowest BCUT2D eigenvalue weighted by Gasteiger charge is -2.07. The molecule has 0 heterocycles. The Morgan fingerprint density at radius 3 is 2.50 bits per heavy atom. The summed E-state index contributed by atoms with van der Waals surface area (Å²) in [6.07, 6.45) is 6.41. The third-order valence-corrected chi connectivity index (χ3v) is 3.05. The first-order valence-corrected chi connectivity index (χ1v) is 6.38. The summed E-state index contributed by atoms with van der Waals surface area (Å²) in [7, 11) is 0. The summed E-state index contributed by atoms with van der Waals surface area (Å²) in [5.41, 5.74) is 2.59. The minimum Gasteiger partial charge on any atom is -0.508 e. The van der Waals surface area contributed by atoms with Gasteiger partial charge < -0.3 is 5.11 Å². The molecule has 1 N–H and O–H groups in total. The summed E-state index contributed by atoms with van der Waals surface area (Å²) < 4.78 is 0. The molecule has 0 atom stereocenters. The molecule has 1 aromatic carbocycles. The quantitative estimate of drug-likeness (QED) is 0.702. The van der Waals surface area contributed by atoms with Crippen LogP contribution in [0.2, 0.25) is 0 Å². The highest BCUT2D eigenvalue weighted by molar-refractivity contribution is 5.33. The number of unbranched alkanes of at least 4 members (excludes halogenated alkanes) is 2. The molecule has 0 saturated carbocycles. The molecule has 90 valence electrons. The fraction of sp³-hybridized carbons (Fsp3) is 0.600. The monoisotopic (exact) mass is 220 g/mol. The third-order valence-electron chi connectivity index (χ3n) is 3.05. The molecular formula is C15H24O. The summed E-state index contributed by atoms with van der Waals surface area (Å²) in [5, 5.41) is 9.31. The number of hydrogen-bond donors (Lipinski definition) is 1. The van der Waals surface area contributed by atoms with Gasteiger partial charge >= 0.3 is 0 Å². The van der Waals surface area contributed by atoms with Crippen molar-refractivity contribution in [2.75, 3.05) is 0 Å². The summed E-state index contributed by atoms with van der Waals surface area (Å²) in [5.74, 6) is 1.21. The zero-order chi connectivity index (χ0) is 12.0. The lowest BCUT2D eigenvalue weighted by Crippen LogP contribution is -1.91. The SMILES string of the molecule is Cc1cc(O)ccc1CCCCCC(C)C. The Bertz CT molecular complexity index is 315. The predicted octanol–water partition coefficient (Wildman–Crippen LogP) is 4.46. The molecule has 0 aromatic heterocycles. The van der Waals surface area contributed by atoms with E-state index in [1.165, 1.54) is 36.8 Å². The smallest absolute Gasteiger partial charge is 0.115 e. The highest BCUT2D eigenvalue weighted by Crippen LogP contribution is 2.18. The van der Waals surface area contributed by atoms with Gasteiger partial charge in [-0.2, -0.15) is 0 Å². The fourth-order valence-corrected chi connectivity index (χ4v) is 2.01. The van der Waals surface area contributed by atoms with Gasteiger partial charge in [0.05, 0.1) is 0 Å². The van der Waals surface area contributed by atoms with E-state index in [0.717, 1.165) is 12.3 Å². The minimum atomic E-state index is 0.376. The lowest BCUT2D eigenvalue weighted by atomic mass is 10.00. The molecular weight excluding hydrogens is 196 g/mol. The van der Waals surface area contributed by atoms with Crippen LogP contribution < -0.4 is 0 Å². The van der Waals surface area contributed by atoms with E-state index < -0.39 is 0 Å². The molecule has 1 nitrogen and oxygen atoms in total. The van der Waals surface area contributed by atoms with Crippen molar-refractivity contribution in [2.45, 2.75) is 52.9 Å². The topological polar surface area (TPSA) is 20.2 Å². The van der Waals surface area contributed by atoms with Crippen molar-refractivity contribution in [3.8, 4) is 5.75 Å². The molecule has 0 aliphatic carbocycles. The molecule has 0 unspecified atom stereocenters. The average molecular weight is 220 g/mol. The first kappa shape index (κ1) is 13.1. The molecule has 0 aliphatic heterocycles. The van der Waals surface area contributed by atoms with Crippen LogP contribution in [0.5, 0.6) is 5.75 Å². The second-order valence-electron chi connectivity index (χ2n) is 5.10. The van der Waals surface area contributed by atoms with Crippen LogP contribution in [0.4, 0.5) is 0 Å². The largest absolute Gasteiger partial charge is 0.508 e. The summed E-state index contributed by atoms with van der Waals surface area (Å²) in [6, 6.07) is 5.69. The van der Waals surface area contributed by atoms with E-state index in [0.29, 0.717) is 5.75 Å². The van der Waals surface area contributed by atoms with Gasteiger partial charge in [0, 0.05) is 0 Å². The Kier molecular flexibility index (Phi) is 5.37. The van der Waals surface area contributed by atoms with Crippen LogP contribution in [-0.2, 0) is 6.42 Å². The van der Waals surface area contributed by atoms with Gasteiger partial charge in [-0.05, 0) is 48.9 Å². The van der Waals surface area contributed by atoms with Gasteiger partial charge in [0.15, 0.2) is 0 Å². The Balaban J connectivity index is 2.27. The number of aryl methyl sites for hydroxylation is 2. The van der Waals surface area contributed by atoms with Crippen molar-refractivity contribution in [1.29, 1.82) is 0 Å². The van der Waals surface area contributed by atoms with Crippen molar-refractivity contribution < 1.29 is 5.11 Å². The number of hydrogen-bond acceptors (Lipinski definition) is 1. The fourth-order valence-electron chi connectivity index (χ4n) is 2.01. The third kappa shape index (κ3) is 4.69. The molecule has 1 rings (SSSR count). The van der Waals surface area contributed by atoms with E-state index >= 15 is 0 Å². The van der Waals surface area contributed by atoms with Crippen LogP contribution in [0.25, 0.3) is 0 Å². The van der Waals surface area contributed by atoms with Crippen LogP contribution in [0.3, 0.4) is 0 Å². The van der Waals surface area contributed by atoms with E-state index in [4.69, 9.17) is 0 Å². The van der Waals surface area contributed by atoms with Gasteiger partial charge in [-0.25, -0.2) is 0 Å². The maximum atomic E-state index is 9.31. The Morgan fingerprint density at radius 2 is 1.88 bits per heavy atom. The van der Waals surface area contributed by atoms with E-state index in [9.17, 15) is 5.11 Å². The van der Waals surface area contributed by atoms with Gasteiger partial charge in [0.25, 0.3) is 0 Å². The Labute approximate surface area is 99.5 Å². The van der Waals surface area contributed by atoms with Crippen molar-refractivity contribution in [2.24, 2.45) is 5.92 Å². The van der Waals surface area contributed by atoms with Crippen molar-refractivity contribution >= 4 is 0 Å². The van der Waals surface area contributed by atoms with Crippen LogP contribution >= 0.6 is 0 Å². The Morgan fingerprint density at radius 1 is 1.12 bits per heavy atom. The zero-order valence-corrected chi connectivity index (χ0v) is 10.8. The minimum absolute atomic E-state index is 0.376. The van der Waals surface area contributed by atoms with Crippen molar-refractivity contribution in [3.63, 3.8) is 0 Å². The molecule has 0 saturated heterocycles. The van der Waals surface area contributed by atoms with Crippen LogP contribution in [0.15, 0.2) is 18.2 Å². The highest BCUT2D eigenvalue weighted by Gasteiger charge is 2.00. The van der Waals surface area contributed by atoms with Gasteiger partial charge in [-0.1, -0.05) is 39.2 Å². The van der Waals surface area contributed by atoms with Crippen molar-refractivity contribution in [3.05, 3.63) is 29.3 Å². The second kappa shape index (κ2) is 6.57. The van der Waals surface area contributed by atoms with E-state index in [2.05, 4.69) is 20.8 Å². The molecule has 1 heteroatoms. The van der Waals surface area contributed by atoms with E-state index in [1.54, 1.807) is 6.07 Å². The predicted molar refractivity (Wildman–Crippen MR) is 69.9 cm³/mol. The number of rotatable bonds is 6. The maximum absolute atomic E-state index is 9.31. The molecule has 1 aromatic rings. The molecule has 0 aliphatic rings. The molecule has 0 spiro atoms. The van der Waals surface area contributed by atoms with Crippen molar-refractivity contribution in [1.82, 2.24) is 0 Å². The zero-order valence-electron chi connectivity index (χ0n) is 10.8. The first-order chi connectivity index (χ1) is 7.59. The lowest BCUT2D eigenvalue weighted by molar-refractivity contribution is 0.474. The molecule has 0 radical (unpaired) electrons. The molecule has 0 bridgehead atoms.